The summed E-state index contributed by atoms with van der Waals surface area (Å²) < 4.78 is -0.863. The molecule has 0 unspecified atom stereocenters. The first kappa shape index (κ1) is 15.2. The Balaban J connectivity index is 5.10. The van der Waals surface area contributed by atoms with Crippen LogP contribution in [0.25, 0.3) is 0 Å². The molecule has 0 saturated heterocycles. The molecule has 16 heavy (non-hydrogen) atoms. The topological polar surface area (TPSA) is 112 Å². The van der Waals surface area contributed by atoms with Gasteiger partial charge in [0, 0.05) is 0 Å². The van der Waals surface area contributed by atoms with Crippen LogP contribution in [0.5, 0.6) is 0 Å². The van der Waals surface area contributed by atoms with Gasteiger partial charge >= 0.3 is 97.1 Å². The van der Waals surface area contributed by atoms with Crippen molar-refractivity contribution in [1.29, 1.82) is 0 Å². The Morgan fingerprint density at radius 3 is 1.25 bits per heavy atom. The summed E-state index contributed by atoms with van der Waals surface area (Å²) in [7, 11) is 0. The van der Waals surface area contributed by atoms with Gasteiger partial charge in [0.1, 0.15) is 0 Å². The summed E-state index contributed by atoms with van der Waals surface area (Å²) in [6.45, 7) is 3.45. The zero-order chi connectivity index (χ0) is 12.9. The van der Waals surface area contributed by atoms with Gasteiger partial charge in [-0.1, -0.05) is 0 Å². The average molecular weight is 339 g/mol. The predicted octanol–water partition coefficient (Wildman–Crippen LogP) is 1.10. The SMILES string of the molecule is C[CH](C)[Sn]([CH2]C(=O)O)([CH2]C(=O)O)[CH2]C(=O)O. The van der Waals surface area contributed by atoms with Crippen LogP contribution in [0.3, 0.4) is 0 Å². The second-order valence-corrected chi connectivity index (χ2v) is 18.3. The van der Waals surface area contributed by atoms with Crippen LogP contribution in [0.1, 0.15) is 13.8 Å². The molecular formula is C9H16O6Sn. The van der Waals surface area contributed by atoms with Gasteiger partial charge in [-0.25, -0.2) is 0 Å². The zero-order valence-corrected chi connectivity index (χ0v) is 12.1. The number of carboxylic acid groups (broad SMARTS) is 3. The molecule has 0 aliphatic heterocycles. The Hall–Kier alpha value is -0.791. The molecule has 0 amide bonds. The molecule has 0 heterocycles. The Kier molecular flexibility index (Phi) is 5.77. The third-order valence-corrected chi connectivity index (χ3v) is 18.3. The first-order valence-electron chi connectivity index (χ1n) is 4.85. The zero-order valence-electron chi connectivity index (χ0n) is 9.27. The second-order valence-electron chi connectivity index (χ2n) is 4.23. The first-order chi connectivity index (χ1) is 7.19. The monoisotopic (exact) mass is 340 g/mol. The van der Waals surface area contributed by atoms with Gasteiger partial charge in [0.05, 0.1) is 0 Å². The Morgan fingerprint density at radius 1 is 0.875 bits per heavy atom. The summed E-state index contributed by atoms with van der Waals surface area (Å²) in [5, 5.41) is 26.4. The van der Waals surface area contributed by atoms with Crippen LogP contribution in [-0.4, -0.2) is 51.6 Å². The number of hydrogen-bond donors (Lipinski definition) is 3. The van der Waals surface area contributed by atoms with Gasteiger partial charge in [-0.3, -0.25) is 0 Å². The number of hydrogen-bond acceptors (Lipinski definition) is 3. The predicted molar refractivity (Wildman–Crippen MR) is 58.2 cm³/mol. The van der Waals surface area contributed by atoms with E-state index in [0.29, 0.717) is 0 Å². The summed E-state index contributed by atoms with van der Waals surface area (Å²) in [5.74, 6) is -3.27. The van der Waals surface area contributed by atoms with Crippen LogP contribution in [0.4, 0.5) is 0 Å². The van der Waals surface area contributed by atoms with Crippen molar-refractivity contribution >= 4 is 36.3 Å². The summed E-state index contributed by atoms with van der Waals surface area (Å²) in [6, 6.07) is 0. The van der Waals surface area contributed by atoms with E-state index in [1.807, 2.05) is 0 Å². The molecule has 0 aliphatic carbocycles. The molecule has 0 aromatic rings. The third kappa shape index (κ3) is 4.82. The molecule has 92 valence electrons. The van der Waals surface area contributed by atoms with E-state index >= 15 is 0 Å². The molecule has 0 fully saturated rings. The van der Waals surface area contributed by atoms with Crippen molar-refractivity contribution in [2.75, 3.05) is 0 Å². The van der Waals surface area contributed by atoms with Crippen LogP contribution in [0.2, 0.25) is 17.2 Å². The molecule has 0 rings (SSSR count). The van der Waals surface area contributed by atoms with Crippen LogP contribution in [0.15, 0.2) is 0 Å². The summed E-state index contributed by atoms with van der Waals surface area (Å²) in [5.41, 5.74) is 0. The van der Waals surface area contributed by atoms with Crippen molar-refractivity contribution in [1.82, 2.24) is 0 Å². The number of rotatable bonds is 7. The van der Waals surface area contributed by atoms with E-state index in [1.165, 1.54) is 0 Å². The molecule has 0 radical (unpaired) electrons. The van der Waals surface area contributed by atoms with E-state index in [9.17, 15) is 14.4 Å². The van der Waals surface area contributed by atoms with Gasteiger partial charge in [-0.15, -0.1) is 0 Å². The van der Waals surface area contributed by atoms with E-state index in [2.05, 4.69) is 0 Å². The van der Waals surface area contributed by atoms with Crippen molar-refractivity contribution in [2.24, 2.45) is 0 Å². The fraction of sp³-hybridized carbons (Fsp3) is 0.667. The molecule has 0 aliphatic rings. The van der Waals surface area contributed by atoms with Crippen molar-refractivity contribution in [3.8, 4) is 0 Å². The fourth-order valence-corrected chi connectivity index (χ4v) is 11.4. The van der Waals surface area contributed by atoms with Crippen molar-refractivity contribution in [2.45, 2.75) is 31.1 Å². The number of carboxylic acids is 3. The Morgan fingerprint density at radius 2 is 1.12 bits per heavy atom. The summed E-state index contributed by atoms with van der Waals surface area (Å²) >= 11 is -3.69. The summed E-state index contributed by atoms with van der Waals surface area (Å²) in [6.07, 6.45) is 0. The van der Waals surface area contributed by atoms with Crippen molar-refractivity contribution in [3.05, 3.63) is 0 Å². The van der Waals surface area contributed by atoms with Crippen LogP contribution in [0, 0.1) is 0 Å². The fourth-order valence-electron chi connectivity index (χ4n) is 1.70. The van der Waals surface area contributed by atoms with Crippen molar-refractivity contribution in [3.63, 3.8) is 0 Å². The second kappa shape index (κ2) is 6.07. The molecule has 0 saturated carbocycles. The van der Waals surface area contributed by atoms with E-state index in [0.717, 1.165) is 0 Å². The molecule has 0 aromatic carbocycles. The van der Waals surface area contributed by atoms with Crippen LogP contribution < -0.4 is 0 Å². The standard InChI is InChI=1S/C3H7.3C2H3O2.Sn/c1-3-2;3*1-2(3)4;/h3H,1-2H3;3*1H2,(H,3,4);. The quantitative estimate of drug-likeness (QED) is 0.599. The average Bonchev–Trinajstić information content (AvgIpc) is 1.98. The molecule has 7 heteroatoms. The minimum absolute atomic E-state index is 0.127. The molecule has 0 bridgehead atoms. The molecular weight excluding hydrogens is 323 g/mol. The van der Waals surface area contributed by atoms with E-state index in [1.54, 1.807) is 13.8 Å². The van der Waals surface area contributed by atoms with Gasteiger partial charge in [0.2, 0.25) is 0 Å². The molecule has 3 N–H and O–H groups in total. The van der Waals surface area contributed by atoms with Crippen LogP contribution in [-0.2, 0) is 14.4 Å². The number of carbonyl (C=O) groups is 3. The van der Waals surface area contributed by atoms with Crippen molar-refractivity contribution < 1.29 is 29.7 Å². The van der Waals surface area contributed by atoms with Gasteiger partial charge in [0.25, 0.3) is 0 Å². The molecule has 0 aromatic heterocycles. The van der Waals surface area contributed by atoms with Gasteiger partial charge < -0.3 is 0 Å². The first-order valence-corrected chi connectivity index (χ1v) is 12.6. The summed E-state index contributed by atoms with van der Waals surface area (Å²) in [4.78, 5) is 32.2. The van der Waals surface area contributed by atoms with Gasteiger partial charge in [0.15, 0.2) is 0 Å². The van der Waals surface area contributed by atoms with Crippen LogP contribution >= 0.6 is 0 Å². The molecule has 0 atom stereocenters. The molecule has 0 spiro atoms. The normalized spacial score (nSPS) is 11.4. The third-order valence-electron chi connectivity index (χ3n) is 2.73. The number of aliphatic carboxylic acids is 3. The Labute approximate surface area is 97.1 Å². The van der Waals surface area contributed by atoms with E-state index < -0.39 is 36.3 Å². The van der Waals surface area contributed by atoms with Gasteiger partial charge in [-0.05, 0) is 0 Å². The van der Waals surface area contributed by atoms with Gasteiger partial charge in [-0.2, -0.15) is 0 Å². The van der Waals surface area contributed by atoms with E-state index in [-0.39, 0.29) is 17.2 Å². The Bertz CT molecular complexity index is 258. The molecule has 6 nitrogen and oxygen atoms in total. The maximum atomic E-state index is 10.7. The minimum atomic E-state index is -3.69. The van der Waals surface area contributed by atoms with E-state index in [4.69, 9.17) is 15.3 Å². The maximum absolute atomic E-state index is 10.7.